The van der Waals surface area contributed by atoms with Crippen LogP contribution < -0.4 is 11.3 Å². The first kappa shape index (κ1) is 14.0. The summed E-state index contributed by atoms with van der Waals surface area (Å²) in [6.45, 7) is 4.49. The SMILES string of the molecule is CCn1ncc(Cl)c1C(NN)c1ccc(F)cc1C. The molecule has 0 saturated carbocycles. The summed E-state index contributed by atoms with van der Waals surface area (Å²) in [5, 5.41) is 4.73. The third kappa shape index (κ3) is 2.63. The zero-order valence-electron chi connectivity index (χ0n) is 10.8. The predicted octanol–water partition coefficient (Wildman–Crippen LogP) is 2.56. The zero-order chi connectivity index (χ0) is 14.0. The first-order chi connectivity index (χ1) is 9.08. The molecule has 0 saturated heterocycles. The maximum atomic E-state index is 13.2. The first-order valence-corrected chi connectivity index (χ1v) is 6.39. The molecule has 4 nitrogen and oxygen atoms in total. The first-order valence-electron chi connectivity index (χ1n) is 6.01. The average Bonchev–Trinajstić information content (AvgIpc) is 2.74. The number of nitrogens with one attached hydrogen (secondary N) is 1. The molecule has 0 aliphatic rings. The average molecular weight is 283 g/mol. The summed E-state index contributed by atoms with van der Waals surface area (Å²) in [6, 6.07) is 4.27. The van der Waals surface area contributed by atoms with E-state index in [9.17, 15) is 4.39 Å². The van der Waals surface area contributed by atoms with Crippen molar-refractivity contribution in [1.29, 1.82) is 0 Å². The number of rotatable bonds is 4. The van der Waals surface area contributed by atoms with Crippen LogP contribution in [0, 0.1) is 12.7 Å². The van der Waals surface area contributed by atoms with Crippen LogP contribution >= 0.6 is 11.6 Å². The molecule has 0 bridgehead atoms. The van der Waals surface area contributed by atoms with Gasteiger partial charge in [-0.2, -0.15) is 5.10 Å². The van der Waals surface area contributed by atoms with Crippen molar-refractivity contribution in [1.82, 2.24) is 15.2 Å². The fourth-order valence-electron chi connectivity index (χ4n) is 2.19. The Morgan fingerprint density at radius 2 is 2.26 bits per heavy atom. The van der Waals surface area contributed by atoms with Crippen LogP contribution in [-0.2, 0) is 6.54 Å². The molecule has 1 atom stereocenters. The van der Waals surface area contributed by atoms with Gasteiger partial charge in [-0.25, -0.2) is 9.82 Å². The van der Waals surface area contributed by atoms with Gasteiger partial charge >= 0.3 is 0 Å². The summed E-state index contributed by atoms with van der Waals surface area (Å²) in [7, 11) is 0. The molecule has 1 unspecified atom stereocenters. The minimum atomic E-state index is -0.324. The van der Waals surface area contributed by atoms with Crippen LogP contribution in [0.1, 0.15) is 29.8 Å². The van der Waals surface area contributed by atoms with Gasteiger partial charge in [-0.15, -0.1) is 0 Å². The number of nitrogens with two attached hydrogens (primary N) is 1. The van der Waals surface area contributed by atoms with Crippen molar-refractivity contribution < 1.29 is 4.39 Å². The van der Waals surface area contributed by atoms with E-state index in [1.54, 1.807) is 16.9 Å². The van der Waals surface area contributed by atoms with Gasteiger partial charge in [0.05, 0.1) is 23.0 Å². The van der Waals surface area contributed by atoms with Crippen LogP contribution in [0.15, 0.2) is 24.4 Å². The highest BCUT2D eigenvalue weighted by atomic mass is 35.5. The number of hydrazine groups is 1. The second-order valence-corrected chi connectivity index (χ2v) is 4.70. The summed E-state index contributed by atoms with van der Waals surface area (Å²) in [5.74, 6) is 5.38. The molecular formula is C13H16ClFN4. The molecule has 0 aliphatic heterocycles. The Hall–Kier alpha value is -1.43. The lowest BCUT2D eigenvalue weighted by molar-refractivity contribution is 0.540. The monoisotopic (exact) mass is 282 g/mol. The van der Waals surface area contributed by atoms with Gasteiger partial charge in [0, 0.05) is 6.54 Å². The van der Waals surface area contributed by atoms with Crippen LogP contribution in [0.2, 0.25) is 5.02 Å². The van der Waals surface area contributed by atoms with Crippen LogP contribution in [0.3, 0.4) is 0 Å². The van der Waals surface area contributed by atoms with Gasteiger partial charge < -0.3 is 0 Å². The van der Waals surface area contributed by atoms with Gasteiger partial charge in [-0.1, -0.05) is 17.7 Å². The van der Waals surface area contributed by atoms with E-state index in [-0.39, 0.29) is 11.9 Å². The summed E-state index contributed by atoms with van der Waals surface area (Å²) in [4.78, 5) is 0. The van der Waals surface area contributed by atoms with Crippen molar-refractivity contribution in [2.75, 3.05) is 0 Å². The molecule has 0 fully saturated rings. The lowest BCUT2D eigenvalue weighted by atomic mass is 9.99. The maximum absolute atomic E-state index is 13.2. The van der Waals surface area contributed by atoms with Crippen molar-refractivity contribution in [2.45, 2.75) is 26.4 Å². The van der Waals surface area contributed by atoms with Crippen LogP contribution in [-0.4, -0.2) is 9.78 Å². The normalized spacial score (nSPS) is 12.7. The lowest BCUT2D eigenvalue weighted by Gasteiger charge is -2.20. The largest absolute Gasteiger partial charge is 0.271 e. The molecule has 3 N–H and O–H groups in total. The summed E-state index contributed by atoms with van der Waals surface area (Å²) in [6.07, 6.45) is 1.59. The van der Waals surface area contributed by atoms with E-state index in [0.29, 0.717) is 11.6 Å². The third-order valence-electron chi connectivity index (χ3n) is 3.12. The summed E-state index contributed by atoms with van der Waals surface area (Å²) >= 11 is 6.18. The van der Waals surface area contributed by atoms with E-state index in [1.807, 2.05) is 13.8 Å². The topological polar surface area (TPSA) is 55.9 Å². The smallest absolute Gasteiger partial charge is 0.123 e. The molecule has 0 radical (unpaired) electrons. The molecule has 0 aliphatic carbocycles. The maximum Gasteiger partial charge on any atom is 0.123 e. The molecule has 19 heavy (non-hydrogen) atoms. The van der Waals surface area contributed by atoms with E-state index >= 15 is 0 Å². The number of halogens is 2. The lowest BCUT2D eigenvalue weighted by Crippen LogP contribution is -2.31. The van der Waals surface area contributed by atoms with Gasteiger partial charge in [0.1, 0.15) is 5.82 Å². The Morgan fingerprint density at radius 1 is 1.53 bits per heavy atom. The highest BCUT2D eigenvalue weighted by Gasteiger charge is 2.22. The van der Waals surface area contributed by atoms with Crippen LogP contribution in [0.4, 0.5) is 4.39 Å². The molecule has 102 valence electrons. The Bertz CT molecular complexity index is 582. The van der Waals surface area contributed by atoms with Crippen molar-refractivity contribution >= 4 is 11.6 Å². The van der Waals surface area contributed by atoms with Crippen molar-refractivity contribution in [3.05, 3.63) is 52.1 Å². The molecule has 1 aromatic carbocycles. The minimum absolute atomic E-state index is 0.271. The molecule has 2 rings (SSSR count). The highest BCUT2D eigenvalue weighted by molar-refractivity contribution is 6.31. The molecule has 1 heterocycles. The molecular weight excluding hydrogens is 267 g/mol. The Balaban J connectivity index is 2.52. The van der Waals surface area contributed by atoms with Crippen LogP contribution in [0.5, 0.6) is 0 Å². The molecule has 0 spiro atoms. The third-order valence-corrected chi connectivity index (χ3v) is 3.41. The number of hydrogen-bond donors (Lipinski definition) is 2. The number of benzene rings is 1. The standard InChI is InChI=1S/C13H16ClFN4/c1-3-19-13(11(14)7-17-19)12(18-16)10-5-4-9(15)6-8(10)2/h4-7,12,18H,3,16H2,1-2H3. The van der Waals surface area contributed by atoms with E-state index in [2.05, 4.69) is 10.5 Å². The quantitative estimate of drug-likeness (QED) is 0.669. The molecule has 0 amide bonds. The van der Waals surface area contributed by atoms with Crippen LogP contribution in [0.25, 0.3) is 0 Å². The van der Waals surface area contributed by atoms with Gasteiger partial charge in [-0.3, -0.25) is 10.5 Å². The number of hydrogen-bond acceptors (Lipinski definition) is 3. The number of nitrogens with zero attached hydrogens (tertiary/aromatic N) is 2. The molecule has 1 aromatic heterocycles. The Labute approximate surface area is 116 Å². The number of aryl methyl sites for hydroxylation is 2. The van der Waals surface area contributed by atoms with Gasteiger partial charge in [0.25, 0.3) is 0 Å². The Kier molecular flexibility index (Phi) is 4.19. The summed E-state index contributed by atoms with van der Waals surface area (Å²) < 4.78 is 15.0. The minimum Gasteiger partial charge on any atom is -0.271 e. The van der Waals surface area contributed by atoms with E-state index in [0.717, 1.165) is 16.8 Å². The molecule has 6 heteroatoms. The van der Waals surface area contributed by atoms with E-state index < -0.39 is 0 Å². The van der Waals surface area contributed by atoms with Gasteiger partial charge in [0.15, 0.2) is 0 Å². The second-order valence-electron chi connectivity index (χ2n) is 4.29. The predicted molar refractivity (Wildman–Crippen MR) is 73.2 cm³/mol. The second kappa shape index (κ2) is 5.69. The summed E-state index contributed by atoms with van der Waals surface area (Å²) in [5.41, 5.74) is 5.19. The zero-order valence-corrected chi connectivity index (χ0v) is 11.6. The van der Waals surface area contributed by atoms with E-state index in [4.69, 9.17) is 17.4 Å². The van der Waals surface area contributed by atoms with E-state index in [1.165, 1.54) is 12.1 Å². The molecule has 2 aromatic rings. The van der Waals surface area contributed by atoms with Crippen molar-refractivity contribution in [3.63, 3.8) is 0 Å². The van der Waals surface area contributed by atoms with Gasteiger partial charge in [-0.05, 0) is 37.1 Å². The Morgan fingerprint density at radius 3 is 2.84 bits per heavy atom. The van der Waals surface area contributed by atoms with Gasteiger partial charge in [0.2, 0.25) is 0 Å². The van der Waals surface area contributed by atoms with Crippen molar-refractivity contribution in [3.8, 4) is 0 Å². The van der Waals surface area contributed by atoms with Crippen molar-refractivity contribution in [2.24, 2.45) is 5.84 Å². The fraction of sp³-hybridized carbons (Fsp3) is 0.308. The number of aromatic nitrogens is 2. The highest BCUT2D eigenvalue weighted by Crippen LogP contribution is 2.29. The fourth-order valence-corrected chi connectivity index (χ4v) is 2.44.